The second kappa shape index (κ2) is 6.47. The Morgan fingerprint density at radius 3 is 3.00 bits per heavy atom. The molecule has 2 N–H and O–H groups in total. The van der Waals surface area contributed by atoms with Gasteiger partial charge in [0, 0.05) is 24.0 Å². The number of anilines is 3. The van der Waals surface area contributed by atoms with Crippen LogP contribution in [0.15, 0.2) is 49.2 Å². The van der Waals surface area contributed by atoms with Gasteiger partial charge in [0.1, 0.15) is 5.82 Å². The molecule has 1 aromatic carbocycles. The molecule has 102 valence electrons. The number of aromatic nitrogens is 2. The molecule has 2 aromatic rings. The molecule has 1 aromatic heterocycles. The Morgan fingerprint density at radius 1 is 1.40 bits per heavy atom. The zero-order chi connectivity index (χ0) is 14.4. The van der Waals surface area contributed by atoms with Crippen molar-refractivity contribution in [3.8, 4) is 0 Å². The summed E-state index contributed by atoms with van der Waals surface area (Å²) < 4.78 is 0. The smallest absolute Gasteiger partial charge is 0.229 e. The second-order valence-electron chi connectivity index (χ2n) is 4.20. The lowest BCUT2D eigenvalue weighted by atomic mass is 10.1. The number of rotatable bonds is 6. The lowest BCUT2D eigenvalue weighted by molar-refractivity contribution is 0.101. The summed E-state index contributed by atoms with van der Waals surface area (Å²) in [6.45, 7) is 5.81. The van der Waals surface area contributed by atoms with Crippen molar-refractivity contribution < 1.29 is 4.79 Å². The Bertz CT molecular complexity index is 625. The first kappa shape index (κ1) is 13.7. The van der Waals surface area contributed by atoms with Gasteiger partial charge in [-0.15, -0.1) is 6.58 Å². The van der Waals surface area contributed by atoms with Gasteiger partial charge in [0.15, 0.2) is 5.78 Å². The van der Waals surface area contributed by atoms with Gasteiger partial charge >= 0.3 is 0 Å². The minimum absolute atomic E-state index is 0.0240. The highest BCUT2D eigenvalue weighted by molar-refractivity contribution is 5.95. The molecule has 0 saturated heterocycles. The average molecular weight is 268 g/mol. The summed E-state index contributed by atoms with van der Waals surface area (Å²) in [6, 6.07) is 9.01. The third kappa shape index (κ3) is 3.65. The molecule has 0 radical (unpaired) electrons. The number of hydrogen-bond acceptors (Lipinski definition) is 5. The van der Waals surface area contributed by atoms with Gasteiger partial charge in [-0.05, 0) is 25.1 Å². The lowest BCUT2D eigenvalue weighted by Crippen LogP contribution is -2.04. The molecule has 0 spiro atoms. The van der Waals surface area contributed by atoms with E-state index in [1.54, 1.807) is 30.5 Å². The average Bonchev–Trinajstić information content (AvgIpc) is 2.46. The number of hydrogen-bond donors (Lipinski definition) is 2. The van der Waals surface area contributed by atoms with Crippen LogP contribution in [0.2, 0.25) is 0 Å². The summed E-state index contributed by atoms with van der Waals surface area (Å²) >= 11 is 0. The van der Waals surface area contributed by atoms with Crippen molar-refractivity contribution in [2.24, 2.45) is 0 Å². The maximum absolute atomic E-state index is 11.3. The molecule has 20 heavy (non-hydrogen) atoms. The summed E-state index contributed by atoms with van der Waals surface area (Å²) in [5.41, 5.74) is 1.43. The largest absolute Gasteiger partial charge is 0.366 e. The van der Waals surface area contributed by atoms with Crippen LogP contribution in [0.25, 0.3) is 0 Å². The Labute approximate surface area is 117 Å². The van der Waals surface area contributed by atoms with Crippen molar-refractivity contribution in [2.45, 2.75) is 6.92 Å². The monoisotopic (exact) mass is 268 g/mol. The second-order valence-corrected chi connectivity index (χ2v) is 4.20. The van der Waals surface area contributed by atoms with Crippen LogP contribution in [0.3, 0.4) is 0 Å². The molecule has 2 rings (SSSR count). The van der Waals surface area contributed by atoms with Crippen LogP contribution in [0.5, 0.6) is 0 Å². The normalized spacial score (nSPS) is 9.85. The Kier molecular flexibility index (Phi) is 4.44. The third-order valence-corrected chi connectivity index (χ3v) is 2.61. The lowest BCUT2D eigenvalue weighted by Gasteiger charge is -2.08. The van der Waals surface area contributed by atoms with Crippen LogP contribution in [0.1, 0.15) is 17.3 Å². The van der Waals surface area contributed by atoms with E-state index in [4.69, 9.17) is 0 Å². The van der Waals surface area contributed by atoms with Gasteiger partial charge in [-0.25, -0.2) is 4.98 Å². The zero-order valence-electron chi connectivity index (χ0n) is 11.3. The summed E-state index contributed by atoms with van der Waals surface area (Å²) in [5, 5.41) is 6.16. The van der Waals surface area contributed by atoms with Crippen molar-refractivity contribution in [1.82, 2.24) is 9.97 Å². The van der Waals surface area contributed by atoms with Crippen LogP contribution < -0.4 is 10.6 Å². The van der Waals surface area contributed by atoms with E-state index in [0.29, 0.717) is 23.9 Å². The summed E-state index contributed by atoms with van der Waals surface area (Å²) in [6.07, 6.45) is 3.42. The van der Waals surface area contributed by atoms with Gasteiger partial charge < -0.3 is 10.6 Å². The molecule has 0 aliphatic carbocycles. The predicted molar refractivity (Wildman–Crippen MR) is 80.4 cm³/mol. The molecule has 5 nitrogen and oxygen atoms in total. The maximum atomic E-state index is 11.3. The van der Waals surface area contributed by atoms with Crippen molar-refractivity contribution in [3.05, 3.63) is 54.7 Å². The van der Waals surface area contributed by atoms with Gasteiger partial charge in [-0.3, -0.25) is 4.79 Å². The van der Waals surface area contributed by atoms with E-state index in [-0.39, 0.29) is 5.78 Å². The molecule has 0 amide bonds. The van der Waals surface area contributed by atoms with Crippen molar-refractivity contribution in [1.29, 1.82) is 0 Å². The van der Waals surface area contributed by atoms with Crippen LogP contribution in [0, 0.1) is 0 Å². The van der Waals surface area contributed by atoms with Gasteiger partial charge in [0.25, 0.3) is 0 Å². The quantitative estimate of drug-likeness (QED) is 0.622. The zero-order valence-corrected chi connectivity index (χ0v) is 11.3. The molecule has 0 bridgehead atoms. The van der Waals surface area contributed by atoms with Gasteiger partial charge in [-0.1, -0.05) is 18.2 Å². The van der Waals surface area contributed by atoms with E-state index in [2.05, 4.69) is 27.2 Å². The Morgan fingerprint density at radius 2 is 2.25 bits per heavy atom. The van der Waals surface area contributed by atoms with Crippen LogP contribution >= 0.6 is 0 Å². The highest BCUT2D eigenvalue weighted by Gasteiger charge is 2.03. The molecule has 0 fully saturated rings. The van der Waals surface area contributed by atoms with Crippen LogP contribution in [-0.4, -0.2) is 22.3 Å². The fourth-order valence-electron chi connectivity index (χ4n) is 1.64. The van der Waals surface area contributed by atoms with Crippen molar-refractivity contribution >= 4 is 23.2 Å². The maximum Gasteiger partial charge on any atom is 0.229 e. The first-order valence-electron chi connectivity index (χ1n) is 6.25. The number of benzene rings is 1. The topological polar surface area (TPSA) is 66.9 Å². The van der Waals surface area contributed by atoms with Crippen molar-refractivity contribution in [3.63, 3.8) is 0 Å². The summed E-state index contributed by atoms with van der Waals surface area (Å²) in [5.74, 6) is 1.21. The Hall–Kier alpha value is -2.69. The van der Waals surface area contributed by atoms with E-state index < -0.39 is 0 Å². The molecule has 0 aliphatic rings. The van der Waals surface area contributed by atoms with E-state index in [1.807, 2.05) is 12.1 Å². The minimum atomic E-state index is 0.0240. The highest BCUT2D eigenvalue weighted by Crippen LogP contribution is 2.16. The molecule has 0 aliphatic heterocycles. The number of carbonyl (C=O) groups is 1. The van der Waals surface area contributed by atoms with Crippen LogP contribution in [-0.2, 0) is 0 Å². The van der Waals surface area contributed by atoms with E-state index >= 15 is 0 Å². The van der Waals surface area contributed by atoms with E-state index in [9.17, 15) is 4.79 Å². The third-order valence-electron chi connectivity index (χ3n) is 2.61. The molecular formula is C15H16N4O. The highest BCUT2D eigenvalue weighted by atomic mass is 16.1. The number of ketones is 1. The van der Waals surface area contributed by atoms with E-state index in [0.717, 1.165) is 5.69 Å². The fourth-order valence-corrected chi connectivity index (χ4v) is 1.64. The molecule has 0 unspecified atom stereocenters. The molecule has 0 atom stereocenters. The number of nitrogens with zero attached hydrogens (tertiary/aromatic N) is 2. The first-order valence-corrected chi connectivity index (χ1v) is 6.25. The summed E-state index contributed by atoms with van der Waals surface area (Å²) in [4.78, 5) is 19.8. The molecule has 5 heteroatoms. The number of nitrogens with one attached hydrogen (secondary N) is 2. The number of carbonyl (C=O) groups excluding carboxylic acids is 1. The molecule has 1 heterocycles. The van der Waals surface area contributed by atoms with Gasteiger partial charge in [0.05, 0.1) is 0 Å². The van der Waals surface area contributed by atoms with Gasteiger partial charge in [0.2, 0.25) is 5.95 Å². The van der Waals surface area contributed by atoms with E-state index in [1.165, 1.54) is 6.92 Å². The standard InChI is InChI=1S/C15H16N4O/c1-3-8-16-14-7-9-17-15(19-14)18-13-6-4-5-12(10-13)11(2)20/h3-7,9-10H,1,8H2,2H3,(H2,16,17,18,19). The first-order chi connectivity index (χ1) is 9.69. The Balaban J connectivity index is 2.15. The molecular weight excluding hydrogens is 252 g/mol. The van der Waals surface area contributed by atoms with Gasteiger partial charge in [-0.2, -0.15) is 4.98 Å². The minimum Gasteiger partial charge on any atom is -0.366 e. The fraction of sp³-hybridized carbons (Fsp3) is 0.133. The van der Waals surface area contributed by atoms with Crippen molar-refractivity contribution in [2.75, 3.05) is 17.2 Å². The molecule has 0 saturated carbocycles. The summed E-state index contributed by atoms with van der Waals surface area (Å²) in [7, 11) is 0. The predicted octanol–water partition coefficient (Wildman–Crippen LogP) is 3.02. The number of Topliss-reactive ketones (excluding diaryl/α,β-unsaturated/α-hetero) is 1. The SMILES string of the molecule is C=CCNc1ccnc(Nc2cccc(C(C)=O)c2)n1. The van der Waals surface area contributed by atoms with Crippen LogP contribution in [0.4, 0.5) is 17.5 Å².